The number of carbonyl (C=O) groups excluding carboxylic acids is 2. The molecular formula is C23H20FN3O5. The Hall–Kier alpha value is -3.88. The Bertz CT molecular complexity index is 1300. The number of ketones is 1. The molecule has 0 spiro atoms. The number of carbonyl (C=O) groups is 2. The van der Waals surface area contributed by atoms with Gasteiger partial charge in [0, 0.05) is 26.2 Å². The van der Waals surface area contributed by atoms with Crippen LogP contribution in [0.25, 0.3) is 10.9 Å². The molecule has 0 amide bonds. The van der Waals surface area contributed by atoms with Crippen LogP contribution in [0.4, 0.5) is 10.1 Å². The summed E-state index contributed by atoms with van der Waals surface area (Å²) in [6, 6.07) is 10.2. The number of Topliss-reactive ketones (excluding diaryl/α,β-unsaturated/α-hetero) is 1. The highest BCUT2D eigenvalue weighted by Crippen LogP contribution is 2.40. The average molecular weight is 437 g/mol. The molecule has 2 aliphatic rings. The Labute approximate surface area is 182 Å². The first-order chi connectivity index (χ1) is 15.4. The number of hydrogen-bond donors (Lipinski definition) is 0. The van der Waals surface area contributed by atoms with E-state index < -0.39 is 17.2 Å². The minimum absolute atomic E-state index is 0.00693. The van der Waals surface area contributed by atoms with Gasteiger partial charge in [-0.3, -0.25) is 19.3 Å². The zero-order valence-electron chi connectivity index (χ0n) is 17.3. The highest BCUT2D eigenvalue weighted by molar-refractivity contribution is 5.99. The van der Waals surface area contributed by atoms with Crippen LogP contribution in [-0.2, 0) is 16.1 Å². The number of halogens is 1. The van der Waals surface area contributed by atoms with Gasteiger partial charge in [0.05, 0.1) is 11.9 Å². The number of aromatic nitrogens is 1. The second-order valence-corrected chi connectivity index (χ2v) is 7.85. The summed E-state index contributed by atoms with van der Waals surface area (Å²) in [5, 5.41) is 1.66. The molecule has 0 atom stereocenters. The van der Waals surface area contributed by atoms with Gasteiger partial charge in [0.1, 0.15) is 23.4 Å². The van der Waals surface area contributed by atoms with Gasteiger partial charge in [0.2, 0.25) is 5.43 Å². The summed E-state index contributed by atoms with van der Waals surface area (Å²) in [5.74, 6) is -1.27. The summed E-state index contributed by atoms with van der Waals surface area (Å²) >= 11 is 0. The fourth-order valence-corrected chi connectivity index (χ4v) is 4.09. The molecule has 1 aromatic heterocycles. The molecule has 0 radical (unpaired) electrons. The lowest BCUT2D eigenvalue weighted by Crippen LogP contribution is -2.40. The second kappa shape index (κ2) is 7.67. The summed E-state index contributed by atoms with van der Waals surface area (Å²) in [5.41, 5.74) is 0.448. The first-order valence-electron chi connectivity index (χ1n) is 10.2. The van der Waals surface area contributed by atoms with E-state index in [9.17, 15) is 14.4 Å². The van der Waals surface area contributed by atoms with Crippen molar-refractivity contribution in [2.45, 2.75) is 13.0 Å². The van der Waals surface area contributed by atoms with Crippen LogP contribution in [0.2, 0.25) is 0 Å². The Morgan fingerprint density at radius 2 is 2.00 bits per heavy atom. The number of nitrogens with zero attached hydrogens (tertiary/aromatic N) is 3. The molecule has 0 unspecified atom stereocenters. The Morgan fingerprint density at radius 3 is 2.72 bits per heavy atom. The number of benzene rings is 2. The van der Waals surface area contributed by atoms with Crippen LogP contribution >= 0.6 is 0 Å². The van der Waals surface area contributed by atoms with Crippen molar-refractivity contribution in [3.63, 3.8) is 0 Å². The van der Waals surface area contributed by atoms with E-state index in [1.807, 2.05) is 30.3 Å². The van der Waals surface area contributed by atoms with Gasteiger partial charge in [-0.15, -0.1) is 0 Å². The van der Waals surface area contributed by atoms with Crippen LogP contribution in [0, 0.1) is 5.82 Å². The largest absolute Gasteiger partial charge is 0.467 e. The third kappa shape index (κ3) is 3.26. The predicted molar refractivity (Wildman–Crippen MR) is 115 cm³/mol. The van der Waals surface area contributed by atoms with Crippen molar-refractivity contribution in [1.82, 2.24) is 4.68 Å². The van der Waals surface area contributed by atoms with Gasteiger partial charge in [-0.25, -0.2) is 9.18 Å². The highest BCUT2D eigenvalue weighted by atomic mass is 19.1. The molecule has 2 aliphatic heterocycles. The summed E-state index contributed by atoms with van der Waals surface area (Å²) in [6.45, 7) is 0.545. The monoisotopic (exact) mass is 437 g/mol. The molecule has 1 fully saturated rings. The lowest BCUT2D eigenvalue weighted by Gasteiger charge is -2.33. The van der Waals surface area contributed by atoms with E-state index in [1.165, 1.54) is 6.20 Å². The van der Waals surface area contributed by atoms with Crippen LogP contribution in [0.5, 0.6) is 5.75 Å². The molecule has 8 nitrogen and oxygen atoms in total. The molecule has 0 bridgehead atoms. The summed E-state index contributed by atoms with van der Waals surface area (Å²) in [6.07, 6.45) is 1.72. The Balaban J connectivity index is 1.61. The number of ether oxygens (including phenoxy) is 2. The first kappa shape index (κ1) is 20.0. The maximum absolute atomic E-state index is 15.2. The van der Waals surface area contributed by atoms with E-state index in [-0.39, 0.29) is 48.1 Å². The minimum atomic E-state index is -0.791. The maximum atomic E-state index is 15.2. The van der Waals surface area contributed by atoms with Crippen LogP contribution in [0.1, 0.15) is 22.3 Å². The average Bonchev–Trinajstić information content (AvgIpc) is 3.22. The molecule has 3 aromatic rings. The van der Waals surface area contributed by atoms with Crippen molar-refractivity contribution in [2.75, 3.05) is 36.8 Å². The summed E-state index contributed by atoms with van der Waals surface area (Å²) < 4.78 is 27.9. The number of hydrogen-bond acceptors (Lipinski definition) is 7. The molecular weight excluding hydrogens is 417 g/mol. The number of pyridine rings is 1. The lowest BCUT2D eigenvalue weighted by atomic mass is 10.1. The normalized spacial score (nSPS) is 15.2. The molecule has 3 heterocycles. The zero-order chi connectivity index (χ0) is 22.4. The molecule has 2 aromatic carbocycles. The predicted octanol–water partition coefficient (Wildman–Crippen LogP) is 2.19. The number of anilines is 1. The smallest absolute Gasteiger partial charge is 0.344 e. The molecule has 5 rings (SSSR count). The van der Waals surface area contributed by atoms with Crippen LogP contribution < -0.4 is 20.1 Å². The summed E-state index contributed by atoms with van der Waals surface area (Å²) in [7, 11) is 1.72. The van der Waals surface area contributed by atoms with Gasteiger partial charge in [0.25, 0.3) is 0 Å². The van der Waals surface area contributed by atoms with Crippen molar-refractivity contribution < 1.29 is 23.5 Å². The van der Waals surface area contributed by atoms with Crippen molar-refractivity contribution in [2.24, 2.45) is 0 Å². The summed E-state index contributed by atoms with van der Waals surface area (Å²) in [4.78, 5) is 39.3. The third-order valence-corrected chi connectivity index (χ3v) is 5.69. The van der Waals surface area contributed by atoms with Gasteiger partial charge in [-0.05, 0) is 11.6 Å². The fraction of sp³-hybridized carbons (Fsp3) is 0.261. The van der Waals surface area contributed by atoms with Gasteiger partial charge in [0.15, 0.2) is 24.1 Å². The van der Waals surface area contributed by atoms with Crippen LogP contribution in [0.3, 0.4) is 0 Å². The minimum Gasteiger partial charge on any atom is -0.467 e. The number of rotatable bonds is 4. The molecule has 0 saturated carbocycles. The number of esters is 1. The molecule has 9 heteroatoms. The maximum Gasteiger partial charge on any atom is 0.344 e. The Kier molecular flexibility index (Phi) is 4.80. The topological polar surface area (TPSA) is 81.1 Å². The fourth-order valence-electron chi connectivity index (χ4n) is 4.09. The molecule has 32 heavy (non-hydrogen) atoms. The lowest BCUT2D eigenvalue weighted by molar-refractivity contribution is -0.116. The van der Waals surface area contributed by atoms with Crippen LogP contribution in [-0.4, -0.2) is 43.3 Å². The third-order valence-electron chi connectivity index (χ3n) is 5.69. The van der Waals surface area contributed by atoms with E-state index in [4.69, 9.17) is 9.47 Å². The molecule has 0 aliphatic carbocycles. The van der Waals surface area contributed by atoms with E-state index in [0.717, 1.165) is 11.6 Å². The van der Waals surface area contributed by atoms with E-state index in [2.05, 4.69) is 0 Å². The van der Waals surface area contributed by atoms with Gasteiger partial charge < -0.3 is 14.4 Å². The van der Waals surface area contributed by atoms with Crippen molar-refractivity contribution in [3.8, 4) is 5.75 Å². The van der Waals surface area contributed by atoms with E-state index in [1.54, 1.807) is 21.6 Å². The van der Waals surface area contributed by atoms with E-state index >= 15 is 4.39 Å². The second-order valence-electron chi connectivity index (χ2n) is 7.85. The highest BCUT2D eigenvalue weighted by Gasteiger charge is 2.32. The Morgan fingerprint density at radius 1 is 1.22 bits per heavy atom. The molecule has 164 valence electrons. The van der Waals surface area contributed by atoms with Gasteiger partial charge >= 0.3 is 5.97 Å². The van der Waals surface area contributed by atoms with Crippen molar-refractivity contribution in [1.29, 1.82) is 0 Å². The van der Waals surface area contributed by atoms with Crippen molar-refractivity contribution >= 4 is 28.3 Å². The SMILES string of the molecule is CN1COc2c(N3CCC(=O)C3)c(F)cc3c(=O)c(C(=O)OCc4ccccc4)cn1c23. The molecule has 1 saturated heterocycles. The molecule has 0 N–H and O–H groups in total. The quantitative estimate of drug-likeness (QED) is 0.579. The zero-order valence-corrected chi connectivity index (χ0v) is 17.3. The van der Waals surface area contributed by atoms with Gasteiger partial charge in [-0.2, -0.15) is 0 Å². The first-order valence-corrected chi connectivity index (χ1v) is 10.2. The van der Waals surface area contributed by atoms with Gasteiger partial charge in [-0.1, -0.05) is 30.3 Å². The van der Waals surface area contributed by atoms with Crippen LogP contribution in [0.15, 0.2) is 47.4 Å². The van der Waals surface area contributed by atoms with Crippen molar-refractivity contribution in [3.05, 3.63) is 69.8 Å². The standard InChI is InChI=1S/C23H20FN3O5/c1-25-13-32-22-19-16(9-18(24)20(22)26-8-7-15(28)10-26)21(29)17(11-27(19)25)23(30)31-12-14-5-3-2-4-6-14/h2-6,9,11H,7-8,10,12-13H2,1H3. The van der Waals surface area contributed by atoms with E-state index in [0.29, 0.717) is 18.5 Å².